The van der Waals surface area contributed by atoms with Crippen molar-refractivity contribution in [2.45, 2.75) is 30.3 Å². The van der Waals surface area contributed by atoms with Gasteiger partial charge in [-0.25, -0.2) is 9.78 Å². The number of rotatable bonds is 3. The van der Waals surface area contributed by atoms with Gasteiger partial charge in [0.05, 0.1) is 17.3 Å². The van der Waals surface area contributed by atoms with Gasteiger partial charge in [-0.1, -0.05) is 0 Å². The van der Waals surface area contributed by atoms with Gasteiger partial charge in [0.2, 0.25) is 0 Å². The first-order chi connectivity index (χ1) is 10.8. The number of nitrogens with one attached hydrogen (secondary N) is 2. The number of likely N-dealkylation sites (tertiary alicyclic amines) is 1. The predicted octanol–water partition coefficient (Wildman–Crippen LogP) is 3.29. The second-order valence-electron chi connectivity index (χ2n) is 5.25. The van der Waals surface area contributed by atoms with Gasteiger partial charge in [-0.05, 0) is 37.7 Å². The fraction of sp³-hybridized carbons (Fsp3) is 0.400. The molecule has 1 fully saturated rings. The third-order valence-electron chi connectivity index (χ3n) is 3.86. The number of aromatic amines is 1. The van der Waals surface area contributed by atoms with E-state index < -0.39 is 0 Å². The van der Waals surface area contributed by atoms with Crippen LogP contribution in [0.15, 0.2) is 35.7 Å². The van der Waals surface area contributed by atoms with Gasteiger partial charge in [0.1, 0.15) is 0 Å². The van der Waals surface area contributed by atoms with E-state index in [-0.39, 0.29) is 12.1 Å². The van der Waals surface area contributed by atoms with Gasteiger partial charge in [0.25, 0.3) is 0 Å². The van der Waals surface area contributed by atoms with Crippen LogP contribution in [0.5, 0.6) is 0 Å². The maximum atomic E-state index is 12.6. The number of nitrogens with zero attached hydrogens (tertiary/aromatic N) is 3. The number of carbonyl (C=O) groups excluding carboxylic acids is 1. The topological polar surface area (TPSA) is 73.9 Å². The Morgan fingerprint density at radius 1 is 1.50 bits per heavy atom. The van der Waals surface area contributed by atoms with E-state index in [1.54, 1.807) is 24.2 Å². The highest BCUT2D eigenvalue weighted by Crippen LogP contribution is 2.30. The van der Waals surface area contributed by atoms with Gasteiger partial charge in [0, 0.05) is 30.2 Å². The molecule has 0 spiro atoms. The predicted molar refractivity (Wildman–Crippen MR) is 86.9 cm³/mol. The molecular weight excluding hydrogens is 298 g/mol. The minimum absolute atomic E-state index is 0.0656. The Balaban J connectivity index is 1.74. The summed E-state index contributed by atoms with van der Waals surface area (Å²) in [4.78, 5) is 18.7. The molecule has 0 aliphatic carbocycles. The Labute approximate surface area is 133 Å². The summed E-state index contributed by atoms with van der Waals surface area (Å²) in [6, 6.07) is 3.73. The molecule has 1 aliphatic heterocycles. The second kappa shape index (κ2) is 6.83. The smallest absolute Gasteiger partial charge is 0.317 e. The molecule has 0 aromatic carbocycles. The van der Waals surface area contributed by atoms with Crippen LogP contribution in [0.25, 0.3) is 0 Å². The van der Waals surface area contributed by atoms with Crippen molar-refractivity contribution in [1.82, 2.24) is 20.1 Å². The summed E-state index contributed by atoms with van der Waals surface area (Å²) in [6.07, 6.45) is 10.5. The first kappa shape index (κ1) is 14.9. The van der Waals surface area contributed by atoms with Crippen molar-refractivity contribution in [3.63, 3.8) is 0 Å². The molecule has 2 N–H and O–H groups in total. The Morgan fingerprint density at radius 2 is 2.41 bits per heavy atom. The van der Waals surface area contributed by atoms with Gasteiger partial charge in [-0.3, -0.25) is 5.10 Å². The van der Waals surface area contributed by atoms with Crippen molar-refractivity contribution in [3.8, 4) is 0 Å². The van der Waals surface area contributed by atoms with Crippen LogP contribution in [0, 0.1) is 0 Å². The van der Waals surface area contributed by atoms with Crippen LogP contribution < -0.4 is 5.32 Å². The summed E-state index contributed by atoms with van der Waals surface area (Å²) in [5.41, 5.74) is 1.84. The molecule has 2 aromatic rings. The SMILES string of the molecule is CSc1cc(NC(=O)N2CCCC[C@H]2c2cn[nH]c2)ccn1. The number of thioether (sulfide) groups is 1. The summed E-state index contributed by atoms with van der Waals surface area (Å²) in [5, 5.41) is 10.7. The molecule has 0 bridgehead atoms. The summed E-state index contributed by atoms with van der Waals surface area (Å²) in [7, 11) is 0. The second-order valence-corrected chi connectivity index (χ2v) is 6.08. The number of H-pyrrole nitrogens is 1. The van der Waals surface area contributed by atoms with Crippen LogP contribution >= 0.6 is 11.8 Å². The monoisotopic (exact) mass is 317 g/mol. The molecule has 2 amide bonds. The molecule has 6 nitrogen and oxygen atoms in total. The number of carbonyl (C=O) groups is 1. The molecule has 0 unspecified atom stereocenters. The van der Waals surface area contributed by atoms with Crippen LogP contribution in [0.2, 0.25) is 0 Å². The number of aromatic nitrogens is 3. The maximum absolute atomic E-state index is 12.6. The normalized spacial score (nSPS) is 18.2. The highest BCUT2D eigenvalue weighted by Gasteiger charge is 2.28. The van der Waals surface area contributed by atoms with E-state index in [2.05, 4.69) is 20.5 Å². The highest BCUT2D eigenvalue weighted by atomic mass is 32.2. The summed E-state index contributed by atoms with van der Waals surface area (Å²) in [6.45, 7) is 0.766. The van der Waals surface area contributed by atoms with E-state index in [1.807, 2.05) is 29.5 Å². The zero-order chi connectivity index (χ0) is 15.4. The number of urea groups is 1. The third kappa shape index (κ3) is 3.24. The van der Waals surface area contributed by atoms with Gasteiger partial charge in [-0.2, -0.15) is 5.10 Å². The molecule has 1 aliphatic rings. The molecule has 1 saturated heterocycles. The number of hydrogen-bond donors (Lipinski definition) is 2. The van der Waals surface area contributed by atoms with Gasteiger partial charge in [0.15, 0.2) is 0 Å². The lowest BCUT2D eigenvalue weighted by atomic mass is 9.98. The van der Waals surface area contributed by atoms with Crippen LogP contribution in [0.4, 0.5) is 10.5 Å². The highest BCUT2D eigenvalue weighted by molar-refractivity contribution is 7.98. The van der Waals surface area contributed by atoms with E-state index >= 15 is 0 Å². The zero-order valence-electron chi connectivity index (χ0n) is 12.5. The Morgan fingerprint density at radius 3 is 3.18 bits per heavy atom. The lowest BCUT2D eigenvalue weighted by Gasteiger charge is -2.35. The average molecular weight is 317 g/mol. The lowest BCUT2D eigenvalue weighted by Crippen LogP contribution is -2.41. The van der Waals surface area contributed by atoms with Crippen LogP contribution in [0.1, 0.15) is 30.9 Å². The number of hydrogen-bond acceptors (Lipinski definition) is 4. The Hall–Kier alpha value is -2.02. The number of piperidine rings is 1. The fourth-order valence-corrected chi connectivity index (χ4v) is 3.17. The number of anilines is 1. The number of amides is 2. The summed E-state index contributed by atoms with van der Waals surface area (Å²) >= 11 is 1.56. The molecule has 0 radical (unpaired) electrons. The molecule has 116 valence electrons. The minimum atomic E-state index is -0.0656. The molecule has 3 heterocycles. The van der Waals surface area contributed by atoms with Crippen molar-refractivity contribution in [2.75, 3.05) is 18.1 Å². The van der Waals surface area contributed by atoms with Crippen LogP contribution in [-0.2, 0) is 0 Å². The van der Waals surface area contributed by atoms with E-state index in [0.29, 0.717) is 0 Å². The van der Waals surface area contributed by atoms with E-state index in [4.69, 9.17) is 0 Å². The van der Waals surface area contributed by atoms with Crippen molar-refractivity contribution < 1.29 is 4.79 Å². The molecule has 22 heavy (non-hydrogen) atoms. The van der Waals surface area contributed by atoms with Gasteiger partial charge >= 0.3 is 6.03 Å². The summed E-state index contributed by atoms with van der Waals surface area (Å²) < 4.78 is 0. The maximum Gasteiger partial charge on any atom is 0.322 e. The molecule has 7 heteroatoms. The van der Waals surface area contributed by atoms with Crippen molar-refractivity contribution in [2.24, 2.45) is 0 Å². The van der Waals surface area contributed by atoms with Crippen molar-refractivity contribution in [3.05, 3.63) is 36.3 Å². The Kier molecular flexibility index (Phi) is 4.62. The average Bonchev–Trinajstić information content (AvgIpc) is 3.09. The quantitative estimate of drug-likeness (QED) is 0.852. The Bertz CT molecular complexity index is 631. The molecule has 2 aromatic heterocycles. The lowest BCUT2D eigenvalue weighted by molar-refractivity contribution is 0.163. The van der Waals surface area contributed by atoms with E-state index in [1.165, 1.54) is 0 Å². The van der Waals surface area contributed by atoms with E-state index in [9.17, 15) is 4.79 Å². The minimum Gasteiger partial charge on any atom is -0.317 e. The first-order valence-corrected chi connectivity index (χ1v) is 8.57. The molecule has 3 rings (SSSR count). The van der Waals surface area contributed by atoms with Crippen molar-refractivity contribution >= 4 is 23.5 Å². The molecular formula is C15H19N5OS. The fourth-order valence-electron chi connectivity index (χ4n) is 2.76. The standard InChI is InChI=1S/C15H19N5OS/c1-22-14-8-12(5-6-16-14)19-15(21)20-7-3-2-4-13(20)11-9-17-18-10-11/h5-6,8-10,13H,2-4,7H2,1H3,(H,17,18)(H,16,19,21)/t13-/m0/s1. The first-order valence-electron chi connectivity index (χ1n) is 7.34. The number of pyridine rings is 1. The van der Waals surface area contributed by atoms with Crippen LogP contribution in [-0.4, -0.2) is 38.9 Å². The van der Waals surface area contributed by atoms with E-state index in [0.717, 1.165) is 42.1 Å². The van der Waals surface area contributed by atoms with Crippen molar-refractivity contribution in [1.29, 1.82) is 0 Å². The third-order valence-corrected chi connectivity index (χ3v) is 4.50. The molecule has 1 atom stereocenters. The van der Waals surface area contributed by atoms with Crippen LogP contribution in [0.3, 0.4) is 0 Å². The summed E-state index contributed by atoms with van der Waals surface area (Å²) in [5.74, 6) is 0. The van der Waals surface area contributed by atoms with Gasteiger partial charge < -0.3 is 10.2 Å². The largest absolute Gasteiger partial charge is 0.322 e. The van der Waals surface area contributed by atoms with Gasteiger partial charge in [-0.15, -0.1) is 11.8 Å². The zero-order valence-corrected chi connectivity index (χ0v) is 13.3. The molecule has 0 saturated carbocycles.